The molecule has 0 fully saturated rings. The monoisotopic (exact) mass is 894 g/mol. The van der Waals surface area contributed by atoms with Crippen LogP contribution in [-0.4, -0.2) is 0 Å². The first-order valence-corrected chi connectivity index (χ1v) is 23.4. The Morgan fingerprint density at radius 1 is 0.710 bits per heavy atom. The molecule has 1 N–H and O–H groups in total. The molecule has 0 saturated heterocycles. The van der Waals surface area contributed by atoms with Crippen molar-refractivity contribution in [2.24, 2.45) is 0 Å². The highest BCUT2D eigenvalue weighted by Crippen LogP contribution is 2.41. The summed E-state index contributed by atoms with van der Waals surface area (Å²) in [5, 5.41) is 8.03. The van der Waals surface area contributed by atoms with E-state index in [0.29, 0.717) is 0 Å². The maximum Gasteiger partial charge on any atom is 0.137 e. The molecule has 2 heterocycles. The van der Waals surface area contributed by atoms with Crippen molar-refractivity contribution >= 4 is 68.7 Å². The minimum atomic E-state index is 0.743. The maximum atomic E-state index is 6.30. The lowest BCUT2D eigenvalue weighted by Gasteiger charge is -2.26. The van der Waals surface area contributed by atoms with Crippen LogP contribution in [0, 0.1) is 6.92 Å². The van der Waals surface area contributed by atoms with Crippen molar-refractivity contribution in [1.82, 2.24) is 0 Å². The van der Waals surface area contributed by atoms with Crippen LogP contribution in [0.5, 0.6) is 0 Å². The fraction of sp³-hybridized carbons (Fsp3) is 0.0606. The fourth-order valence-corrected chi connectivity index (χ4v) is 8.77. The molecule has 0 spiro atoms. The SMILES string of the molecule is C=C(C)c1ccccc1.C=C/C=c1\c(=C/C)oc2cc(N(/C(C=C)=C/C=C\Cc3ccc4c(c3)-c3cc5ccc(C=C)c(-c6ccccc6C)c5cc3\C=C/C=C\C=C\N4)c3ccccc3)ccc12. The van der Waals surface area contributed by atoms with Gasteiger partial charge in [0.2, 0.25) is 0 Å². The predicted octanol–water partition coefficient (Wildman–Crippen LogP) is 16.9. The second-order valence-corrected chi connectivity index (χ2v) is 16.8. The van der Waals surface area contributed by atoms with Crippen LogP contribution in [0.3, 0.4) is 0 Å². The van der Waals surface area contributed by atoms with Crippen LogP contribution in [0.4, 0.5) is 17.1 Å². The molecule has 1 aliphatic heterocycles. The Labute approximate surface area is 407 Å². The summed E-state index contributed by atoms with van der Waals surface area (Å²) in [5.41, 5.74) is 17.4. The standard InChI is InChI=1S/C57H48N2O.C9H10/c1-6-21-49-50-33-32-47(39-56(50)60-55(49)9-4)59(46-26-14-12-15-27-46)45(8-3)25-18-17-23-41-29-34-54-53(36-41)51-37-44-31-30-42(7-2)57(48-28-19-16-22-40(48)5)52(44)38-43(51)24-13-10-11-20-35-58-54;1-8(2)9-6-4-3-5-7-9/h6-22,24-39,58H,1-3,23H2,4-5H3;3-7H,1H2,2H3/b11-10-,18-17-,24-13-,35-20+,45-25+,49-21-,55-9+;. The Balaban J connectivity index is 0.000000641. The van der Waals surface area contributed by atoms with Gasteiger partial charge in [0, 0.05) is 51.2 Å². The Morgan fingerprint density at radius 3 is 2.20 bits per heavy atom. The molecule has 8 aromatic rings. The zero-order valence-corrected chi connectivity index (χ0v) is 39.8. The molecule has 0 bridgehead atoms. The summed E-state index contributed by atoms with van der Waals surface area (Å²) < 4.78 is 6.30. The smallest absolute Gasteiger partial charge is 0.137 e. The van der Waals surface area contributed by atoms with E-state index in [2.05, 4.69) is 201 Å². The number of nitrogens with one attached hydrogen (secondary N) is 1. The lowest BCUT2D eigenvalue weighted by Crippen LogP contribution is -2.19. The number of benzene rings is 7. The van der Waals surface area contributed by atoms with E-state index in [0.717, 1.165) is 78.6 Å². The zero-order chi connectivity index (χ0) is 48.1. The van der Waals surface area contributed by atoms with Gasteiger partial charge in [-0.05, 0) is 155 Å². The van der Waals surface area contributed by atoms with Crippen LogP contribution >= 0.6 is 0 Å². The quantitative estimate of drug-likeness (QED) is 0.131. The average Bonchev–Trinajstić information content (AvgIpc) is 3.72. The summed E-state index contributed by atoms with van der Waals surface area (Å²) in [7, 11) is 0. The molecule has 69 heavy (non-hydrogen) atoms. The Bertz CT molecular complexity index is 3480. The highest BCUT2D eigenvalue weighted by Gasteiger charge is 2.17. The second-order valence-electron chi connectivity index (χ2n) is 16.8. The molecule has 1 aliphatic rings. The van der Waals surface area contributed by atoms with Crippen molar-refractivity contribution in [3.8, 4) is 22.3 Å². The molecule has 9 rings (SSSR count). The summed E-state index contributed by atoms with van der Waals surface area (Å²) in [4.78, 5) is 2.20. The van der Waals surface area contributed by atoms with Crippen LogP contribution in [0.1, 0.15) is 41.7 Å². The zero-order valence-electron chi connectivity index (χ0n) is 39.8. The van der Waals surface area contributed by atoms with Gasteiger partial charge in [0.05, 0.1) is 0 Å². The summed E-state index contributed by atoms with van der Waals surface area (Å²) >= 11 is 0. The number of nitrogens with zero attached hydrogens (tertiary/aromatic N) is 1. The predicted molar refractivity (Wildman–Crippen MR) is 302 cm³/mol. The molecular weight excluding hydrogens is 837 g/mol. The van der Waals surface area contributed by atoms with Gasteiger partial charge >= 0.3 is 0 Å². The molecule has 0 saturated carbocycles. The fourth-order valence-electron chi connectivity index (χ4n) is 8.77. The Kier molecular flexibility index (Phi) is 15.1. The topological polar surface area (TPSA) is 28.4 Å². The van der Waals surface area contributed by atoms with Gasteiger partial charge in [0.1, 0.15) is 11.0 Å². The number of anilines is 3. The number of hydrogen-bond donors (Lipinski definition) is 1. The van der Waals surface area contributed by atoms with Crippen LogP contribution < -0.4 is 20.9 Å². The van der Waals surface area contributed by atoms with E-state index in [1.165, 1.54) is 38.6 Å². The first-order chi connectivity index (χ1) is 33.8. The molecule has 0 atom stereocenters. The second kappa shape index (κ2) is 22.2. The van der Waals surface area contributed by atoms with E-state index in [-0.39, 0.29) is 0 Å². The van der Waals surface area contributed by atoms with E-state index in [4.69, 9.17) is 4.42 Å². The van der Waals surface area contributed by atoms with Crippen molar-refractivity contribution in [2.75, 3.05) is 10.2 Å². The number of furan rings is 1. The summed E-state index contributed by atoms with van der Waals surface area (Å²) in [6.07, 6.45) is 29.3. The van der Waals surface area contributed by atoms with Gasteiger partial charge in [0.15, 0.2) is 0 Å². The van der Waals surface area contributed by atoms with Crippen LogP contribution in [0.2, 0.25) is 0 Å². The number of rotatable bonds is 11. The third-order valence-corrected chi connectivity index (χ3v) is 12.2. The molecular formula is C66H58N2O. The van der Waals surface area contributed by atoms with Gasteiger partial charge in [-0.2, -0.15) is 0 Å². The molecule has 3 heteroatoms. The Hall–Kier alpha value is -8.66. The van der Waals surface area contributed by atoms with Crippen LogP contribution in [-0.2, 0) is 6.42 Å². The number of allylic oxidation sites excluding steroid dienone is 10. The van der Waals surface area contributed by atoms with Crippen LogP contribution in [0.15, 0.2) is 243 Å². The van der Waals surface area contributed by atoms with Gasteiger partial charge in [0.25, 0.3) is 0 Å². The van der Waals surface area contributed by atoms with E-state index < -0.39 is 0 Å². The van der Waals surface area contributed by atoms with Gasteiger partial charge in [-0.1, -0.05) is 178 Å². The molecule has 338 valence electrons. The van der Waals surface area contributed by atoms with E-state index >= 15 is 0 Å². The molecule has 7 aromatic carbocycles. The molecule has 0 radical (unpaired) electrons. The van der Waals surface area contributed by atoms with Gasteiger partial charge in [-0.25, -0.2) is 0 Å². The van der Waals surface area contributed by atoms with Gasteiger partial charge in [-0.15, -0.1) is 0 Å². The van der Waals surface area contributed by atoms with Crippen molar-refractivity contribution in [2.45, 2.75) is 27.2 Å². The number of hydrogen-bond acceptors (Lipinski definition) is 3. The highest BCUT2D eigenvalue weighted by molar-refractivity contribution is 6.05. The van der Waals surface area contributed by atoms with E-state index in [1.54, 1.807) is 6.08 Å². The average molecular weight is 895 g/mol. The number of aryl methyl sites for hydroxylation is 1. The lowest BCUT2D eigenvalue weighted by atomic mass is 9.87. The van der Waals surface area contributed by atoms with Crippen molar-refractivity contribution < 1.29 is 4.42 Å². The number of para-hydroxylation sites is 1. The molecule has 0 aliphatic carbocycles. The minimum Gasteiger partial charge on any atom is -0.456 e. The summed E-state index contributed by atoms with van der Waals surface area (Å²) in [6.45, 7) is 22.3. The normalized spacial score (nSPS) is 14.1. The maximum absolute atomic E-state index is 6.30. The Morgan fingerprint density at radius 2 is 1.48 bits per heavy atom. The van der Waals surface area contributed by atoms with E-state index in [9.17, 15) is 0 Å². The largest absolute Gasteiger partial charge is 0.456 e. The third-order valence-electron chi connectivity index (χ3n) is 12.2. The first-order valence-electron chi connectivity index (χ1n) is 23.4. The number of fused-ring (bicyclic) bond motifs is 5. The van der Waals surface area contributed by atoms with E-state index in [1.807, 2.05) is 80.8 Å². The highest BCUT2D eigenvalue weighted by atomic mass is 16.3. The molecule has 0 unspecified atom stereocenters. The minimum absolute atomic E-state index is 0.743. The lowest BCUT2D eigenvalue weighted by molar-refractivity contribution is 0.575. The third kappa shape index (κ3) is 10.7. The molecule has 0 amide bonds. The van der Waals surface area contributed by atoms with Crippen molar-refractivity contribution in [1.29, 1.82) is 0 Å². The van der Waals surface area contributed by atoms with Crippen molar-refractivity contribution in [3.63, 3.8) is 0 Å². The van der Waals surface area contributed by atoms with Gasteiger partial charge < -0.3 is 14.6 Å². The van der Waals surface area contributed by atoms with Gasteiger partial charge in [-0.3, -0.25) is 0 Å². The van der Waals surface area contributed by atoms with Crippen LogP contribution in [0.25, 0.3) is 73.9 Å². The first kappa shape index (κ1) is 46.9. The molecule has 3 nitrogen and oxygen atoms in total. The van der Waals surface area contributed by atoms with Crippen molar-refractivity contribution in [3.05, 3.63) is 277 Å². The summed E-state index contributed by atoms with van der Waals surface area (Å²) in [6, 6.07) is 51.3. The molecule has 1 aromatic heterocycles. The summed E-state index contributed by atoms with van der Waals surface area (Å²) in [5.74, 6) is 0.